The van der Waals surface area contributed by atoms with Crippen molar-refractivity contribution in [2.24, 2.45) is 7.05 Å². The molecule has 0 aliphatic rings. The second-order valence-electron chi connectivity index (χ2n) is 4.64. The van der Waals surface area contributed by atoms with Crippen LogP contribution in [0.25, 0.3) is 0 Å². The summed E-state index contributed by atoms with van der Waals surface area (Å²) in [7, 11) is 1.78. The third-order valence-corrected chi connectivity index (χ3v) is 3.15. The highest BCUT2D eigenvalue weighted by atomic mass is 16.2. The number of rotatable bonds is 4. The first-order valence-electron chi connectivity index (χ1n) is 6.48. The van der Waals surface area contributed by atoms with Crippen LogP contribution in [0.2, 0.25) is 0 Å². The molecule has 1 heterocycles. The van der Waals surface area contributed by atoms with Gasteiger partial charge in [0.1, 0.15) is 5.69 Å². The van der Waals surface area contributed by atoms with Crippen molar-refractivity contribution in [3.63, 3.8) is 0 Å². The first kappa shape index (κ1) is 13.3. The number of aryl methyl sites for hydroxylation is 2. The Morgan fingerprint density at radius 2 is 2.05 bits per heavy atom. The predicted molar refractivity (Wildman–Crippen MR) is 74.9 cm³/mol. The van der Waals surface area contributed by atoms with E-state index in [0.717, 1.165) is 17.7 Å². The molecule has 0 fully saturated rings. The molecule has 0 bridgehead atoms. The average molecular weight is 257 g/mol. The molecule has 1 unspecified atom stereocenters. The fraction of sp³-hybridized carbons (Fsp3) is 0.333. The molecular formula is C15H19N3O. The molecule has 1 amide bonds. The molecule has 1 aromatic heterocycles. The Kier molecular flexibility index (Phi) is 4.00. The molecule has 1 atom stereocenters. The van der Waals surface area contributed by atoms with Crippen LogP contribution in [0.15, 0.2) is 36.4 Å². The van der Waals surface area contributed by atoms with Crippen LogP contribution in [0.1, 0.15) is 41.1 Å². The molecular weight excluding hydrogens is 238 g/mol. The van der Waals surface area contributed by atoms with E-state index < -0.39 is 0 Å². The van der Waals surface area contributed by atoms with E-state index >= 15 is 0 Å². The molecule has 19 heavy (non-hydrogen) atoms. The van der Waals surface area contributed by atoms with Crippen LogP contribution >= 0.6 is 0 Å². The Labute approximate surface area is 113 Å². The van der Waals surface area contributed by atoms with Crippen molar-refractivity contribution in [2.75, 3.05) is 0 Å². The van der Waals surface area contributed by atoms with Gasteiger partial charge in [-0.2, -0.15) is 5.10 Å². The average Bonchev–Trinajstić information content (AvgIpc) is 2.76. The fourth-order valence-electron chi connectivity index (χ4n) is 2.16. The summed E-state index contributed by atoms with van der Waals surface area (Å²) in [6.07, 6.45) is 0.854. The van der Waals surface area contributed by atoms with E-state index in [0.29, 0.717) is 5.69 Å². The van der Waals surface area contributed by atoms with Gasteiger partial charge in [-0.3, -0.25) is 9.48 Å². The smallest absolute Gasteiger partial charge is 0.270 e. The van der Waals surface area contributed by atoms with E-state index in [2.05, 4.69) is 17.3 Å². The third kappa shape index (κ3) is 3.02. The van der Waals surface area contributed by atoms with Crippen LogP contribution in [-0.4, -0.2) is 15.7 Å². The zero-order valence-electron chi connectivity index (χ0n) is 11.6. The molecule has 0 radical (unpaired) electrons. The second kappa shape index (κ2) is 5.69. The number of nitrogens with one attached hydrogen (secondary N) is 1. The molecule has 0 aliphatic heterocycles. The lowest BCUT2D eigenvalue weighted by molar-refractivity contribution is 0.0926. The van der Waals surface area contributed by atoms with Gasteiger partial charge in [-0.25, -0.2) is 0 Å². The van der Waals surface area contributed by atoms with Gasteiger partial charge >= 0.3 is 0 Å². The van der Waals surface area contributed by atoms with Crippen molar-refractivity contribution in [3.05, 3.63) is 53.3 Å². The molecule has 0 aliphatic carbocycles. The summed E-state index contributed by atoms with van der Waals surface area (Å²) in [4.78, 5) is 12.2. The quantitative estimate of drug-likeness (QED) is 0.915. The van der Waals surface area contributed by atoms with Crippen LogP contribution in [0.3, 0.4) is 0 Å². The second-order valence-corrected chi connectivity index (χ2v) is 4.64. The van der Waals surface area contributed by atoms with Crippen molar-refractivity contribution in [1.82, 2.24) is 15.1 Å². The highest BCUT2D eigenvalue weighted by molar-refractivity contribution is 5.92. The molecule has 4 heteroatoms. The number of aromatic nitrogens is 2. The Bertz CT molecular complexity index is 560. The number of carbonyl (C=O) groups excluding carboxylic acids is 1. The molecule has 0 saturated heterocycles. The number of hydrogen-bond acceptors (Lipinski definition) is 2. The third-order valence-electron chi connectivity index (χ3n) is 3.15. The number of carbonyl (C=O) groups is 1. The number of benzene rings is 1. The minimum absolute atomic E-state index is 0.0314. The SMILES string of the molecule is CCC(NC(=O)c1cc(C)nn1C)c1ccccc1. The molecule has 1 N–H and O–H groups in total. The van der Waals surface area contributed by atoms with Gasteiger partial charge < -0.3 is 5.32 Å². The van der Waals surface area contributed by atoms with Gasteiger partial charge in [0.15, 0.2) is 0 Å². The van der Waals surface area contributed by atoms with Crippen LogP contribution < -0.4 is 5.32 Å². The summed E-state index contributed by atoms with van der Waals surface area (Å²) in [6.45, 7) is 3.94. The Morgan fingerprint density at radius 1 is 1.37 bits per heavy atom. The van der Waals surface area contributed by atoms with E-state index in [4.69, 9.17) is 0 Å². The van der Waals surface area contributed by atoms with Crippen molar-refractivity contribution in [3.8, 4) is 0 Å². The maximum atomic E-state index is 12.2. The van der Waals surface area contributed by atoms with Crippen molar-refractivity contribution >= 4 is 5.91 Å². The molecule has 1 aromatic carbocycles. The highest BCUT2D eigenvalue weighted by Crippen LogP contribution is 2.16. The summed E-state index contributed by atoms with van der Waals surface area (Å²) in [6, 6.07) is 11.8. The predicted octanol–water partition coefficient (Wildman–Crippen LogP) is 2.61. The first-order chi connectivity index (χ1) is 9.11. The Balaban J connectivity index is 2.15. The molecule has 100 valence electrons. The minimum Gasteiger partial charge on any atom is -0.344 e. The Morgan fingerprint density at radius 3 is 2.58 bits per heavy atom. The van der Waals surface area contributed by atoms with Crippen molar-refractivity contribution < 1.29 is 4.79 Å². The summed E-state index contributed by atoms with van der Waals surface area (Å²) < 4.78 is 1.61. The van der Waals surface area contributed by atoms with Gasteiger partial charge in [0.05, 0.1) is 11.7 Å². The zero-order chi connectivity index (χ0) is 13.8. The van der Waals surface area contributed by atoms with E-state index in [-0.39, 0.29) is 11.9 Å². The lowest BCUT2D eigenvalue weighted by Crippen LogP contribution is -2.29. The van der Waals surface area contributed by atoms with Gasteiger partial charge in [0.2, 0.25) is 0 Å². The maximum Gasteiger partial charge on any atom is 0.270 e. The number of nitrogens with zero attached hydrogens (tertiary/aromatic N) is 2. The van der Waals surface area contributed by atoms with E-state index in [1.807, 2.05) is 37.3 Å². The van der Waals surface area contributed by atoms with Crippen molar-refractivity contribution in [2.45, 2.75) is 26.3 Å². The summed E-state index contributed by atoms with van der Waals surface area (Å²) >= 11 is 0. The summed E-state index contributed by atoms with van der Waals surface area (Å²) in [5.74, 6) is -0.0844. The molecule has 2 rings (SSSR count). The van der Waals surface area contributed by atoms with E-state index in [9.17, 15) is 4.79 Å². The van der Waals surface area contributed by atoms with Gasteiger partial charge in [0.25, 0.3) is 5.91 Å². The molecule has 4 nitrogen and oxygen atoms in total. The van der Waals surface area contributed by atoms with E-state index in [1.54, 1.807) is 17.8 Å². The van der Waals surface area contributed by atoms with Gasteiger partial charge in [-0.15, -0.1) is 0 Å². The van der Waals surface area contributed by atoms with E-state index in [1.165, 1.54) is 0 Å². The zero-order valence-corrected chi connectivity index (χ0v) is 11.6. The normalized spacial score (nSPS) is 12.2. The van der Waals surface area contributed by atoms with Gasteiger partial charge in [-0.05, 0) is 25.0 Å². The Hall–Kier alpha value is -2.10. The lowest BCUT2D eigenvalue weighted by atomic mass is 10.0. The minimum atomic E-state index is -0.0844. The highest BCUT2D eigenvalue weighted by Gasteiger charge is 2.16. The van der Waals surface area contributed by atoms with Crippen LogP contribution in [0.5, 0.6) is 0 Å². The molecule has 0 spiro atoms. The van der Waals surface area contributed by atoms with Crippen molar-refractivity contribution in [1.29, 1.82) is 0 Å². The number of amides is 1. The van der Waals surface area contributed by atoms with Crippen LogP contribution in [0, 0.1) is 6.92 Å². The summed E-state index contributed by atoms with van der Waals surface area (Å²) in [5, 5.41) is 7.25. The topological polar surface area (TPSA) is 46.9 Å². The molecule has 2 aromatic rings. The standard InChI is InChI=1S/C15H19N3O/c1-4-13(12-8-6-5-7-9-12)16-15(19)14-10-11(2)17-18(14)3/h5-10,13H,4H2,1-3H3,(H,16,19). The first-order valence-corrected chi connectivity index (χ1v) is 6.48. The van der Waals surface area contributed by atoms with Gasteiger partial charge in [0, 0.05) is 7.05 Å². The number of hydrogen-bond donors (Lipinski definition) is 1. The monoisotopic (exact) mass is 257 g/mol. The van der Waals surface area contributed by atoms with Crippen LogP contribution in [-0.2, 0) is 7.05 Å². The molecule has 0 saturated carbocycles. The lowest BCUT2D eigenvalue weighted by Gasteiger charge is -2.17. The maximum absolute atomic E-state index is 12.2. The summed E-state index contributed by atoms with van der Waals surface area (Å²) in [5.41, 5.74) is 2.56. The van der Waals surface area contributed by atoms with Gasteiger partial charge in [-0.1, -0.05) is 37.3 Å². The fourth-order valence-corrected chi connectivity index (χ4v) is 2.16. The van der Waals surface area contributed by atoms with Crippen LogP contribution in [0.4, 0.5) is 0 Å². The largest absolute Gasteiger partial charge is 0.344 e.